The van der Waals surface area contributed by atoms with E-state index in [2.05, 4.69) is 5.10 Å². The van der Waals surface area contributed by atoms with Gasteiger partial charge >= 0.3 is 0 Å². The second kappa shape index (κ2) is 6.04. The van der Waals surface area contributed by atoms with Crippen molar-refractivity contribution in [2.45, 2.75) is 42.7 Å². The van der Waals surface area contributed by atoms with Crippen molar-refractivity contribution in [3.63, 3.8) is 0 Å². The van der Waals surface area contributed by atoms with Crippen molar-refractivity contribution in [2.24, 2.45) is 0 Å². The SMILES string of the molecule is O=S(=O)(c1cnn([C@@H]2CCOC2)c1)N1CCCC[C@@H]1CO. The van der Waals surface area contributed by atoms with E-state index in [-0.39, 0.29) is 23.6 Å². The fourth-order valence-corrected chi connectivity index (χ4v) is 4.62. The molecule has 0 amide bonds. The van der Waals surface area contributed by atoms with Crippen LogP contribution < -0.4 is 0 Å². The van der Waals surface area contributed by atoms with E-state index in [0.29, 0.717) is 26.2 Å². The molecular weight excluding hydrogens is 294 g/mol. The van der Waals surface area contributed by atoms with Crippen LogP contribution in [0.3, 0.4) is 0 Å². The van der Waals surface area contributed by atoms with E-state index in [9.17, 15) is 13.5 Å². The first-order valence-corrected chi connectivity index (χ1v) is 8.81. The monoisotopic (exact) mass is 315 g/mol. The maximum absolute atomic E-state index is 12.7. The van der Waals surface area contributed by atoms with Crippen LogP contribution in [0.25, 0.3) is 0 Å². The Morgan fingerprint density at radius 1 is 1.38 bits per heavy atom. The Labute approximate surface area is 124 Å². The second-order valence-electron chi connectivity index (χ2n) is 5.62. The Hall–Kier alpha value is -0.960. The van der Waals surface area contributed by atoms with Crippen LogP contribution in [0, 0.1) is 0 Å². The molecule has 2 saturated heterocycles. The fraction of sp³-hybridized carbons (Fsp3) is 0.769. The Kier molecular flexibility index (Phi) is 4.30. The van der Waals surface area contributed by atoms with Crippen LogP contribution in [0.2, 0.25) is 0 Å². The van der Waals surface area contributed by atoms with Crippen LogP contribution >= 0.6 is 0 Å². The van der Waals surface area contributed by atoms with Crippen LogP contribution in [0.1, 0.15) is 31.7 Å². The van der Waals surface area contributed by atoms with Gasteiger partial charge in [0, 0.05) is 25.4 Å². The van der Waals surface area contributed by atoms with Gasteiger partial charge in [-0.2, -0.15) is 9.40 Å². The molecule has 0 bridgehead atoms. The molecule has 2 atom stereocenters. The molecule has 0 aliphatic carbocycles. The lowest BCUT2D eigenvalue weighted by Crippen LogP contribution is -2.45. The van der Waals surface area contributed by atoms with Crippen molar-refractivity contribution < 1.29 is 18.3 Å². The predicted octanol–water partition coefficient (Wildman–Crippen LogP) is 0.380. The van der Waals surface area contributed by atoms with Crippen LogP contribution in [0.15, 0.2) is 17.3 Å². The van der Waals surface area contributed by atoms with E-state index in [1.165, 1.54) is 10.5 Å². The summed E-state index contributed by atoms with van der Waals surface area (Å²) in [6.07, 6.45) is 6.33. The molecule has 1 aromatic rings. The van der Waals surface area contributed by atoms with Gasteiger partial charge in [0.15, 0.2) is 0 Å². The summed E-state index contributed by atoms with van der Waals surface area (Å²) in [5.74, 6) is 0. The smallest absolute Gasteiger partial charge is 0.246 e. The Bertz CT molecular complexity index is 580. The Balaban J connectivity index is 1.83. The first kappa shape index (κ1) is 15.0. The third kappa shape index (κ3) is 2.85. The summed E-state index contributed by atoms with van der Waals surface area (Å²) in [5, 5.41) is 13.6. The zero-order valence-corrected chi connectivity index (χ0v) is 12.7. The second-order valence-corrected chi connectivity index (χ2v) is 7.51. The van der Waals surface area contributed by atoms with Crippen molar-refractivity contribution >= 4 is 10.0 Å². The number of aliphatic hydroxyl groups excluding tert-OH is 1. The molecular formula is C13H21N3O4S. The summed E-state index contributed by atoms with van der Waals surface area (Å²) in [7, 11) is -3.58. The van der Waals surface area contributed by atoms with Gasteiger partial charge < -0.3 is 9.84 Å². The molecule has 0 aromatic carbocycles. The molecule has 2 fully saturated rings. The standard InChI is InChI=1S/C13H21N3O4S/c17-9-11-3-1-2-5-16(11)21(18,19)13-7-14-15(8-13)12-4-6-20-10-12/h7-8,11-12,17H,1-6,9-10H2/t11-,12-/m1/s1. The fourth-order valence-electron chi connectivity index (χ4n) is 2.99. The summed E-state index contributed by atoms with van der Waals surface area (Å²) in [6, 6.07) is -0.203. The molecule has 21 heavy (non-hydrogen) atoms. The van der Waals surface area contributed by atoms with E-state index >= 15 is 0 Å². The third-order valence-electron chi connectivity index (χ3n) is 4.25. The van der Waals surface area contributed by atoms with Gasteiger partial charge in [-0.3, -0.25) is 4.68 Å². The van der Waals surface area contributed by atoms with Crippen molar-refractivity contribution in [1.29, 1.82) is 0 Å². The van der Waals surface area contributed by atoms with E-state index in [1.54, 1.807) is 10.9 Å². The molecule has 1 aromatic heterocycles. The highest BCUT2D eigenvalue weighted by Crippen LogP contribution is 2.26. The van der Waals surface area contributed by atoms with Crippen LogP contribution in [-0.2, 0) is 14.8 Å². The topological polar surface area (TPSA) is 84.7 Å². The maximum Gasteiger partial charge on any atom is 0.246 e. The molecule has 3 rings (SSSR count). The highest BCUT2D eigenvalue weighted by atomic mass is 32.2. The summed E-state index contributed by atoms with van der Waals surface area (Å²) in [4.78, 5) is 0.203. The van der Waals surface area contributed by atoms with Gasteiger partial charge in [-0.1, -0.05) is 6.42 Å². The first-order chi connectivity index (χ1) is 10.1. The number of ether oxygens (including phenoxy) is 1. The number of hydrogen-bond acceptors (Lipinski definition) is 5. The molecule has 2 aliphatic rings. The van der Waals surface area contributed by atoms with Crippen molar-refractivity contribution in [3.05, 3.63) is 12.4 Å². The lowest BCUT2D eigenvalue weighted by molar-refractivity contribution is 0.155. The van der Waals surface area contributed by atoms with E-state index in [1.807, 2.05) is 0 Å². The summed E-state index contributed by atoms with van der Waals surface area (Å²) in [5.41, 5.74) is 0. The van der Waals surface area contributed by atoms with Crippen LogP contribution in [0.4, 0.5) is 0 Å². The molecule has 0 saturated carbocycles. The molecule has 0 unspecified atom stereocenters. The van der Waals surface area contributed by atoms with Gasteiger partial charge in [-0.25, -0.2) is 8.42 Å². The van der Waals surface area contributed by atoms with Gasteiger partial charge in [0.05, 0.1) is 25.5 Å². The largest absolute Gasteiger partial charge is 0.395 e. The van der Waals surface area contributed by atoms with E-state index < -0.39 is 10.0 Å². The predicted molar refractivity (Wildman–Crippen MR) is 75.3 cm³/mol. The quantitative estimate of drug-likeness (QED) is 0.868. The number of hydrogen-bond donors (Lipinski definition) is 1. The molecule has 3 heterocycles. The number of sulfonamides is 1. The van der Waals surface area contributed by atoms with Gasteiger partial charge in [0.1, 0.15) is 4.90 Å². The van der Waals surface area contributed by atoms with Gasteiger partial charge in [0.2, 0.25) is 10.0 Å². The highest BCUT2D eigenvalue weighted by molar-refractivity contribution is 7.89. The summed E-state index contributed by atoms with van der Waals surface area (Å²) < 4.78 is 33.8. The van der Waals surface area contributed by atoms with Crippen molar-refractivity contribution in [3.8, 4) is 0 Å². The molecule has 0 spiro atoms. The Morgan fingerprint density at radius 2 is 2.24 bits per heavy atom. The van der Waals surface area contributed by atoms with Gasteiger partial charge in [-0.15, -0.1) is 0 Å². The number of nitrogens with zero attached hydrogens (tertiary/aromatic N) is 3. The minimum Gasteiger partial charge on any atom is -0.395 e. The average Bonchev–Trinajstić information content (AvgIpc) is 3.17. The maximum atomic E-state index is 12.7. The van der Waals surface area contributed by atoms with Gasteiger partial charge in [0.25, 0.3) is 0 Å². The number of aliphatic hydroxyl groups is 1. The average molecular weight is 315 g/mol. The molecule has 2 aliphatic heterocycles. The van der Waals surface area contributed by atoms with E-state index in [4.69, 9.17) is 4.74 Å². The molecule has 0 radical (unpaired) electrons. The normalized spacial score (nSPS) is 28.0. The molecule has 8 heteroatoms. The van der Waals surface area contributed by atoms with Crippen LogP contribution in [0.5, 0.6) is 0 Å². The van der Waals surface area contributed by atoms with Crippen molar-refractivity contribution in [1.82, 2.24) is 14.1 Å². The van der Waals surface area contributed by atoms with Crippen LogP contribution in [-0.4, -0.2) is 60.0 Å². The van der Waals surface area contributed by atoms with E-state index in [0.717, 1.165) is 19.3 Å². The first-order valence-electron chi connectivity index (χ1n) is 7.37. The molecule has 7 nitrogen and oxygen atoms in total. The lowest BCUT2D eigenvalue weighted by atomic mass is 10.1. The highest BCUT2D eigenvalue weighted by Gasteiger charge is 2.34. The summed E-state index contributed by atoms with van der Waals surface area (Å²) in [6.45, 7) is 1.59. The van der Waals surface area contributed by atoms with Crippen molar-refractivity contribution in [2.75, 3.05) is 26.4 Å². The minimum absolute atomic E-state index is 0.115. The zero-order chi connectivity index (χ0) is 14.9. The molecule has 1 N–H and O–H groups in total. The zero-order valence-electron chi connectivity index (χ0n) is 11.9. The summed E-state index contributed by atoms with van der Waals surface area (Å²) >= 11 is 0. The number of rotatable bonds is 4. The number of piperidine rings is 1. The number of aromatic nitrogens is 2. The Morgan fingerprint density at radius 3 is 2.95 bits per heavy atom. The molecule has 118 valence electrons. The third-order valence-corrected chi connectivity index (χ3v) is 6.15. The minimum atomic E-state index is -3.58. The van der Waals surface area contributed by atoms with Gasteiger partial charge in [-0.05, 0) is 19.3 Å². The lowest BCUT2D eigenvalue weighted by Gasteiger charge is -2.33.